The Morgan fingerprint density at radius 3 is 2.79 bits per heavy atom. The lowest BCUT2D eigenvalue weighted by Crippen LogP contribution is -2.26. The summed E-state index contributed by atoms with van der Waals surface area (Å²) in [7, 11) is 0. The van der Waals surface area contributed by atoms with Crippen molar-refractivity contribution in [3.05, 3.63) is 30.1 Å². The van der Waals surface area contributed by atoms with Crippen molar-refractivity contribution in [1.29, 1.82) is 0 Å². The van der Waals surface area contributed by atoms with E-state index in [2.05, 4.69) is 9.98 Å². The van der Waals surface area contributed by atoms with E-state index < -0.39 is 5.60 Å². The van der Waals surface area contributed by atoms with Crippen molar-refractivity contribution >= 4 is 5.84 Å². The molecular formula is C10H15N3O. The minimum absolute atomic E-state index is 0.273. The first-order valence-corrected chi connectivity index (χ1v) is 4.43. The van der Waals surface area contributed by atoms with Gasteiger partial charge in [-0.1, -0.05) is 6.07 Å². The number of aromatic nitrogens is 1. The molecule has 0 aromatic carbocycles. The molecule has 0 fully saturated rings. The second kappa shape index (κ2) is 4.19. The van der Waals surface area contributed by atoms with E-state index in [0.29, 0.717) is 11.5 Å². The molecule has 3 N–H and O–H groups in total. The predicted octanol–water partition coefficient (Wildman–Crippen LogP) is 0.558. The van der Waals surface area contributed by atoms with Crippen molar-refractivity contribution < 1.29 is 5.11 Å². The number of nitrogens with zero attached hydrogens (tertiary/aromatic N) is 2. The molecular weight excluding hydrogens is 178 g/mol. The fraction of sp³-hybridized carbons (Fsp3) is 0.400. The average Bonchev–Trinajstić information content (AvgIpc) is 2.14. The average molecular weight is 193 g/mol. The molecule has 14 heavy (non-hydrogen) atoms. The second-order valence-corrected chi connectivity index (χ2v) is 3.73. The molecule has 1 rings (SSSR count). The molecule has 0 aliphatic heterocycles. The topological polar surface area (TPSA) is 71.5 Å². The largest absolute Gasteiger partial charge is 0.389 e. The van der Waals surface area contributed by atoms with E-state index in [1.165, 1.54) is 0 Å². The molecule has 0 aliphatic rings. The molecule has 1 heterocycles. The van der Waals surface area contributed by atoms with Crippen LogP contribution in [0.15, 0.2) is 29.4 Å². The summed E-state index contributed by atoms with van der Waals surface area (Å²) in [5.41, 5.74) is 5.48. The summed E-state index contributed by atoms with van der Waals surface area (Å²) < 4.78 is 0. The molecule has 0 radical (unpaired) electrons. The van der Waals surface area contributed by atoms with Crippen LogP contribution in [0.25, 0.3) is 0 Å². The van der Waals surface area contributed by atoms with Crippen LogP contribution in [-0.4, -0.2) is 28.1 Å². The van der Waals surface area contributed by atoms with E-state index in [4.69, 9.17) is 5.73 Å². The van der Waals surface area contributed by atoms with E-state index in [1.807, 2.05) is 12.1 Å². The zero-order chi connectivity index (χ0) is 10.6. The predicted molar refractivity (Wildman–Crippen MR) is 56.1 cm³/mol. The van der Waals surface area contributed by atoms with Gasteiger partial charge >= 0.3 is 0 Å². The summed E-state index contributed by atoms with van der Waals surface area (Å²) in [6.45, 7) is 3.64. The molecule has 1 aromatic rings. The van der Waals surface area contributed by atoms with Crippen LogP contribution in [0.4, 0.5) is 0 Å². The Morgan fingerprint density at radius 2 is 2.29 bits per heavy atom. The van der Waals surface area contributed by atoms with Gasteiger partial charge in [-0.05, 0) is 26.0 Å². The molecule has 0 bridgehead atoms. The van der Waals surface area contributed by atoms with Crippen LogP contribution in [0.1, 0.15) is 19.5 Å². The highest BCUT2D eigenvalue weighted by atomic mass is 16.3. The van der Waals surface area contributed by atoms with Gasteiger partial charge in [-0.2, -0.15) is 0 Å². The molecule has 0 unspecified atom stereocenters. The Labute approximate surface area is 83.5 Å². The zero-order valence-electron chi connectivity index (χ0n) is 8.44. The molecule has 1 aromatic heterocycles. The van der Waals surface area contributed by atoms with Gasteiger partial charge in [0.15, 0.2) is 0 Å². The van der Waals surface area contributed by atoms with Crippen LogP contribution < -0.4 is 5.73 Å². The van der Waals surface area contributed by atoms with Gasteiger partial charge in [-0.3, -0.25) is 9.98 Å². The van der Waals surface area contributed by atoms with Crippen LogP contribution in [-0.2, 0) is 0 Å². The number of rotatable bonds is 3. The molecule has 0 saturated carbocycles. The minimum Gasteiger partial charge on any atom is -0.389 e. The standard InChI is InChI=1S/C10H15N3O/c1-10(2,14)7-13-9(11)8-5-3-4-6-12-8/h3-6,14H,7H2,1-2H3,(H2,11,13). The van der Waals surface area contributed by atoms with E-state index in [-0.39, 0.29) is 6.54 Å². The smallest absolute Gasteiger partial charge is 0.144 e. The summed E-state index contributed by atoms with van der Waals surface area (Å²) in [6, 6.07) is 5.44. The van der Waals surface area contributed by atoms with Crippen molar-refractivity contribution in [2.75, 3.05) is 6.54 Å². The minimum atomic E-state index is -0.834. The normalized spacial score (nSPS) is 12.9. The van der Waals surface area contributed by atoms with Crippen molar-refractivity contribution in [1.82, 2.24) is 4.98 Å². The molecule has 0 spiro atoms. The van der Waals surface area contributed by atoms with Gasteiger partial charge in [-0.15, -0.1) is 0 Å². The van der Waals surface area contributed by atoms with Gasteiger partial charge in [0.2, 0.25) is 0 Å². The SMILES string of the molecule is CC(C)(O)CN=C(N)c1ccccn1. The van der Waals surface area contributed by atoms with Crippen molar-refractivity contribution in [2.24, 2.45) is 10.7 Å². The lowest BCUT2D eigenvalue weighted by Gasteiger charge is -2.13. The highest BCUT2D eigenvalue weighted by Crippen LogP contribution is 2.01. The van der Waals surface area contributed by atoms with Gasteiger partial charge < -0.3 is 10.8 Å². The van der Waals surface area contributed by atoms with Gasteiger partial charge in [0.05, 0.1) is 12.1 Å². The lowest BCUT2D eigenvalue weighted by atomic mass is 10.1. The Morgan fingerprint density at radius 1 is 1.57 bits per heavy atom. The van der Waals surface area contributed by atoms with Gasteiger partial charge in [0.25, 0.3) is 0 Å². The Kier molecular flexibility index (Phi) is 3.19. The summed E-state index contributed by atoms with van der Waals surface area (Å²) in [5, 5.41) is 9.43. The van der Waals surface area contributed by atoms with Gasteiger partial charge in [0, 0.05) is 6.20 Å². The van der Waals surface area contributed by atoms with Gasteiger partial charge in [0.1, 0.15) is 11.5 Å². The maximum Gasteiger partial charge on any atom is 0.144 e. The monoisotopic (exact) mass is 193 g/mol. The fourth-order valence-corrected chi connectivity index (χ4v) is 0.874. The zero-order valence-corrected chi connectivity index (χ0v) is 8.44. The van der Waals surface area contributed by atoms with E-state index >= 15 is 0 Å². The molecule has 0 saturated heterocycles. The Balaban J connectivity index is 2.71. The molecule has 0 amide bonds. The van der Waals surface area contributed by atoms with E-state index in [0.717, 1.165) is 0 Å². The summed E-state index contributed by atoms with van der Waals surface area (Å²) in [5.74, 6) is 0.354. The quantitative estimate of drug-likeness (QED) is 0.544. The van der Waals surface area contributed by atoms with E-state index in [1.54, 1.807) is 26.1 Å². The second-order valence-electron chi connectivity index (χ2n) is 3.73. The number of amidine groups is 1. The lowest BCUT2D eigenvalue weighted by molar-refractivity contribution is 0.0904. The van der Waals surface area contributed by atoms with Crippen LogP contribution in [0.3, 0.4) is 0 Å². The van der Waals surface area contributed by atoms with E-state index in [9.17, 15) is 5.11 Å². The number of hydrogen-bond donors (Lipinski definition) is 2. The number of aliphatic hydroxyl groups is 1. The number of hydrogen-bond acceptors (Lipinski definition) is 3. The third kappa shape index (κ3) is 3.53. The summed E-state index contributed by atoms with van der Waals surface area (Å²) >= 11 is 0. The third-order valence-corrected chi connectivity index (χ3v) is 1.56. The summed E-state index contributed by atoms with van der Waals surface area (Å²) in [6.07, 6.45) is 1.65. The van der Waals surface area contributed by atoms with Crippen LogP contribution >= 0.6 is 0 Å². The van der Waals surface area contributed by atoms with Crippen LogP contribution in [0.2, 0.25) is 0 Å². The van der Waals surface area contributed by atoms with Crippen LogP contribution in [0.5, 0.6) is 0 Å². The maximum absolute atomic E-state index is 9.43. The maximum atomic E-state index is 9.43. The third-order valence-electron chi connectivity index (χ3n) is 1.56. The fourth-order valence-electron chi connectivity index (χ4n) is 0.874. The van der Waals surface area contributed by atoms with Crippen LogP contribution in [0, 0.1) is 0 Å². The van der Waals surface area contributed by atoms with Gasteiger partial charge in [-0.25, -0.2) is 0 Å². The molecule has 4 nitrogen and oxygen atoms in total. The first-order chi connectivity index (χ1) is 6.49. The number of pyridine rings is 1. The Bertz CT molecular complexity index is 314. The van der Waals surface area contributed by atoms with Crippen molar-refractivity contribution in [3.63, 3.8) is 0 Å². The molecule has 0 aliphatic carbocycles. The highest BCUT2D eigenvalue weighted by Gasteiger charge is 2.11. The number of nitrogens with two attached hydrogens (primary N) is 1. The highest BCUT2D eigenvalue weighted by molar-refractivity contribution is 5.95. The van der Waals surface area contributed by atoms with Crippen molar-refractivity contribution in [3.8, 4) is 0 Å². The first kappa shape index (κ1) is 10.7. The molecule has 76 valence electrons. The molecule has 4 heteroatoms. The molecule has 0 atom stereocenters. The Hall–Kier alpha value is -1.42. The van der Waals surface area contributed by atoms with Crippen molar-refractivity contribution in [2.45, 2.75) is 19.4 Å². The summed E-state index contributed by atoms with van der Waals surface area (Å²) in [4.78, 5) is 8.09. The first-order valence-electron chi connectivity index (χ1n) is 4.43. The number of aliphatic imine (C=N–C) groups is 1.